The molecule has 2 fully saturated rings. The molecule has 2 saturated heterocycles. The van der Waals surface area contributed by atoms with Crippen molar-refractivity contribution in [1.82, 2.24) is 4.90 Å². The Morgan fingerprint density at radius 1 is 1.18 bits per heavy atom. The Hall–Kier alpha value is -0.820. The maximum absolute atomic E-state index is 12.1. The number of carbonyl (C=O) groups excluding carboxylic acids is 1. The maximum atomic E-state index is 12.1. The summed E-state index contributed by atoms with van der Waals surface area (Å²) in [5.41, 5.74) is 5.77. The molecular weight excluding hydrogens is 304 g/mol. The molecule has 2 heterocycles. The van der Waals surface area contributed by atoms with Gasteiger partial charge in [0.15, 0.2) is 0 Å². The predicted octanol–water partition coefficient (Wildman–Crippen LogP) is 1.40. The SMILES string of the molecule is CC(C)(C)OC(=O)N1CCC(C2CCS(=O)(=O)CC2)C(N)C1. The Morgan fingerprint density at radius 2 is 1.77 bits per heavy atom. The molecular formula is C15H28N2O4S. The molecule has 0 aromatic heterocycles. The number of carbonyl (C=O) groups is 1. The monoisotopic (exact) mass is 332 g/mol. The summed E-state index contributed by atoms with van der Waals surface area (Å²) in [7, 11) is -2.84. The minimum Gasteiger partial charge on any atom is -0.444 e. The van der Waals surface area contributed by atoms with E-state index in [0.717, 1.165) is 6.42 Å². The lowest BCUT2D eigenvalue weighted by atomic mass is 9.78. The van der Waals surface area contributed by atoms with Gasteiger partial charge in [0.1, 0.15) is 15.4 Å². The second-order valence-electron chi connectivity index (χ2n) is 7.53. The fourth-order valence-corrected chi connectivity index (χ4v) is 4.94. The first kappa shape index (κ1) is 17.5. The van der Waals surface area contributed by atoms with Gasteiger partial charge in [0.2, 0.25) is 0 Å². The van der Waals surface area contributed by atoms with Crippen LogP contribution in [-0.2, 0) is 14.6 Å². The lowest BCUT2D eigenvalue weighted by molar-refractivity contribution is 0.0124. The lowest BCUT2D eigenvalue weighted by Gasteiger charge is -2.41. The lowest BCUT2D eigenvalue weighted by Crippen LogP contribution is -2.54. The topological polar surface area (TPSA) is 89.7 Å². The molecule has 6 nitrogen and oxygen atoms in total. The van der Waals surface area contributed by atoms with Crippen LogP contribution in [0.1, 0.15) is 40.0 Å². The Kier molecular flexibility index (Phi) is 5.06. The van der Waals surface area contributed by atoms with E-state index in [1.54, 1.807) is 4.90 Å². The highest BCUT2D eigenvalue weighted by atomic mass is 32.2. The van der Waals surface area contributed by atoms with E-state index in [1.165, 1.54) is 0 Å². The first-order chi connectivity index (χ1) is 10.1. The minimum absolute atomic E-state index is 0.105. The van der Waals surface area contributed by atoms with Gasteiger partial charge in [0.05, 0.1) is 11.5 Å². The van der Waals surface area contributed by atoms with Crippen molar-refractivity contribution < 1.29 is 17.9 Å². The summed E-state index contributed by atoms with van der Waals surface area (Å²) in [6.45, 7) is 6.67. The van der Waals surface area contributed by atoms with Crippen molar-refractivity contribution in [2.24, 2.45) is 17.6 Å². The number of amides is 1. The van der Waals surface area contributed by atoms with E-state index >= 15 is 0 Å². The van der Waals surface area contributed by atoms with Gasteiger partial charge in [-0.25, -0.2) is 13.2 Å². The van der Waals surface area contributed by atoms with Crippen LogP contribution < -0.4 is 5.73 Å². The number of piperidine rings is 1. The van der Waals surface area contributed by atoms with Crippen LogP contribution in [0.15, 0.2) is 0 Å². The molecule has 0 saturated carbocycles. The fourth-order valence-electron chi connectivity index (χ4n) is 3.41. The van der Waals surface area contributed by atoms with E-state index in [-0.39, 0.29) is 23.6 Å². The van der Waals surface area contributed by atoms with E-state index < -0.39 is 15.4 Å². The molecule has 1 amide bonds. The fraction of sp³-hybridized carbons (Fsp3) is 0.933. The average molecular weight is 332 g/mol. The molecule has 2 N–H and O–H groups in total. The van der Waals surface area contributed by atoms with Crippen LogP contribution in [-0.4, -0.2) is 55.6 Å². The van der Waals surface area contributed by atoms with E-state index in [9.17, 15) is 13.2 Å². The second kappa shape index (κ2) is 6.35. The van der Waals surface area contributed by atoms with Crippen LogP contribution in [0.4, 0.5) is 4.79 Å². The zero-order valence-electron chi connectivity index (χ0n) is 13.7. The standard InChI is InChI=1S/C15H28N2O4S/c1-15(2,3)21-14(18)17-7-4-12(13(16)10-17)11-5-8-22(19,20)9-6-11/h11-13H,4-10,16H2,1-3H3. The summed E-state index contributed by atoms with van der Waals surface area (Å²) in [5, 5.41) is 0. The second-order valence-corrected chi connectivity index (χ2v) is 9.84. The van der Waals surface area contributed by atoms with Crippen molar-refractivity contribution >= 4 is 15.9 Å². The van der Waals surface area contributed by atoms with Crippen molar-refractivity contribution in [2.45, 2.75) is 51.7 Å². The Morgan fingerprint density at radius 3 is 2.27 bits per heavy atom. The van der Waals surface area contributed by atoms with Crippen molar-refractivity contribution in [3.05, 3.63) is 0 Å². The maximum Gasteiger partial charge on any atom is 0.410 e. The van der Waals surface area contributed by atoms with Crippen LogP contribution in [0, 0.1) is 11.8 Å². The number of sulfone groups is 1. The third-order valence-corrected chi connectivity index (χ3v) is 6.29. The van der Waals surface area contributed by atoms with Gasteiger partial charge in [-0.2, -0.15) is 0 Å². The van der Waals surface area contributed by atoms with E-state index in [2.05, 4.69) is 0 Å². The number of rotatable bonds is 1. The number of hydrogen-bond donors (Lipinski definition) is 1. The van der Waals surface area contributed by atoms with Crippen LogP contribution in [0.2, 0.25) is 0 Å². The molecule has 0 spiro atoms. The summed E-state index contributed by atoms with van der Waals surface area (Å²) in [5.74, 6) is 1.21. The van der Waals surface area contributed by atoms with E-state index in [1.807, 2.05) is 20.8 Å². The molecule has 0 aromatic rings. The van der Waals surface area contributed by atoms with Crippen LogP contribution in [0.3, 0.4) is 0 Å². The van der Waals surface area contributed by atoms with E-state index in [0.29, 0.717) is 37.8 Å². The molecule has 128 valence electrons. The Bertz CT molecular complexity index is 498. The molecule has 2 unspecified atom stereocenters. The summed E-state index contributed by atoms with van der Waals surface area (Å²) in [6.07, 6.45) is 1.92. The van der Waals surface area contributed by atoms with Gasteiger partial charge in [-0.15, -0.1) is 0 Å². The molecule has 0 aliphatic carbocycles. The van der Waals surface area contributed by atoms with Gasteiger partial charge in [0.25, 0.3) is 0 Å². The largest absolute Gasteiger partial charge is 0.444 e. The van der Waals surface area contributed by atoms with Gasteiger partial charge in [-0.05, 0) is 51.9 Å². The minimum atomic E-state index is -2.84. The number of hydrogen-bond acceptors (Lipinski definition) is 5. The molecule has 2 atom stereocenters. The first-order valence-corrected chi connectivity index (χ1v) is 9.83. The van der Waals surface area contributed by atoms with Crippen molar-refractivity contribution in [3.63, 3.8) is 0 Å². The molecule has 0 radical (unpaired) electrons. The molecule has 2 rings (SSSR count). The van der Waals surface area contributed by atoms with Crippen molar-refractivity contribution in [2.75, 3.05) is 24.6 Å². The van der Waals surface area contributed by atoms with Crippen molar-refractivity contribution in [3.8, 4) is 0 Å². The van der Waals surface area contributed by atoms with Crippen molar-refractivity contribution in [1.29, 1.82) is 0 Å². The van der Waals surface area contributed by atoms with E-state index in [4.69, 9.17) is 10.5 Å². The van der Waals surface area contributed by atoms with Gasteiger partial charge in [-0.1, -0.05) is 0 Å². The number of nitrogens with zero attached hydrogens (tertiary/aromatic N) is 1. The van der Waals surface area contributed by atoms with Gasteiger partial charge in [-0.3, -0.25) is 0 Å². The molecule has 7 heteroatoms. The van der Waals surface area contributed by atoms with Gasteiger partial charge in [0, 0.05) is 19.1 Å². The molecule has 2 aliphatic heterocycles. The highest BCUT2D eigenvalue weighted by Crippen LogP contribution is 2.33. The Balaban J connectivity index is 1.89. The quantitative estimate of drug-likeness (QED) is 0.784. The predicted molar refractivity (Wildman–Crippen MR) is 85.3 cm³/mol. The number of nitrogens with two attached hydrogens (primary N) is 1. The summed E-state index contributed by atoms with van der Waals surface area (Å²) in [4.78, 5) is 13.8. The normalized spacial score (nSPS) is 30.1. The van der Waals surface area contributed by atoms with Gasteiger partial charge < -0.3 is 15.4 Å². The zero-order chi connectivity index (χ0) is 16.5. The highest BCUT2D eigenvalue weighted by molar-refractivity contribution is 7.91. The zero-order valence-corrected chi connectivity index (χ0v) is 14.6. The summed E-state index contributed by atoms with van der Waals surface area (Å²) < 4.78 is 28.5. The van der Waals surface area contributed by atoms with Crippen LogP contribution in [0.25, 0.3) is 0 Å². The molecule has 0 aromatic carbocycles. The van der Waals surface area contributed by atoms with Gasteiger partial charge >= 0.3 is 6.09 Å². The number of ether oxygens (including phenoxy) is 1. The number of likely N-dealkylation sites (tertiary alicyclic amines) is 1. The molecule has 0 bridgehead atoms. The summed E-state index contributed by atoms with van der Waals surface area (Å²) >= 11 is 0. The highest BCUT2D eigenvalue weighted by Gasteiger charge is 2.37. The first-order valence-electron chi connectivity index (χ1n) is 8.01. The Labute approximate surface area is 133 Å². The third kappa shape index (κ3) is 4.59. The summed E-state index contributed by atoms with van der Waals surface area (Å²) in [6, 6.07) is -0.105. The van der Waals surface area contributed by atoms with Crippen LogP contribution in [0.5, 0.6) is 0 Å². The average Bonchev–Trinajstić information content (AvgIpc) is 2.37. The molecule has 2 aliphatic rings. The third-order valence-electron chi connectivity index (χ3n) is 4.57. The van der Waals surface area contributed by atoms with Crippen LogP contribution >= 0.6 is 0 Å². The smallest absolute Gasteiger partial charge is 0.410 e. The molecule has 22 heavy (non-hydrogen) atoms.